The maximum Gasteiger partial charge on any atom is 0.315 e. The number of hydrogen-bond acceptors (Lipinski definition) is 4. The van der Waals surface area contributed by atoms with Gasteiger partial charge in [0.15, 0.2) is 5.13 Å². The second-order valence-electron chi connectivity index (χ2n) is 9.61. The molecule has 2 aromatic heterocycles. The van der Waals surface area contributed by atoms with E-state index in [0.29, 0.717) is 6.54 Å². The molecule has 0 bridgehead atoms. The van der Waals surface area contributed by atoms with Crippen LogP contribution in [-0.4, -0.2) is 41.6 Å². The third-order valence-electron chi connectivity index (χ3n) is 7.09. The van der Waals surface area contributed by atoms with Gasteiger partial charge >= 0.3 is 6.03 Å². The molecule has 2 amide bonds. The zero-order chi connectivity index (χ0) is 23.4. The van der Waals surface area contributed by atoms with E-state index in [1.54, 1.807) is 6.07 Å². The monoisotopic (exact) mass is 460 g/mol. The molecular weight excluding hydrogens is 423 g/mol. The molecule has 5 nitrogen and oxygen atoms in total. The molecule has 1 unspecified atom stereocenters. The molecule has 0 saturated carbocycles. The average Bonchev–Trinajstić information content (AvgIpc) is 3.38. The van der Waals surface area contributed by atoms with Crippen molar-refractivity contribution in [2.24, 2.45) is 5.41 Å². The van der Waals surface area contributed by atoms with Crippen LogP contribution in [0.4, 0.5) is 9.18 Å². The van der Waals surface area contributed by atoms with Crippen LogP contribution >= 0.6 is 11.3 Å². The van der Waals surface area contributed by atoms with Crippen molar-refractivity contribution < 1.29 is 9.18 Å². The lowest BCUT2D eigenvalue weighted by molar-refractivity contribution is 0.113. The van der Waals surface area contributed by atoms with Gasteiger partial charge in [0, 0.05) is 46.9 Å². The van der Waals surface area contributed by atoms with Crippen molar-refractivity contribution >= 4 is 17.4 Å². The molecule has 0 aliphatic carbocycles. The molecule has 2 N–H and O–H groups in total. The van der Waals surface area contributed by atoms with E-state index in [0.717, 1.165) is 49.3 Å². The molecule has 0 spiro atoms. The van der Waals surface area contributed by atoms with Gasteiger partial charge in [-0.1, -0.05) is 13.0 Å². The molecule has 0 radical (unpaired) electrons. The smallest absolute Gasteiger partial charge is 0.315 e. The van der Waals surface area contributed by atoms with E-state index in [1.807, 2.05) is 26.1 Å². The molecule has 3 heterocycles. The van der Waals surface area contributed by atoms with Gasteiger partial charge in [-0.2, -0.15) is 4.39 Å². The van der Waals surface area contributed by atoms with Crippen molar-refractivity contribution in [2.75, 3.05) is 19.6 Å². The molecule has 0 aromatic carbocycles. The number of aromatic nitrogens is 1. The van der Waals surface area contributed by atoms with Crippen LogP contribution in [0.1, 0.15) is 63.1 Å². The van der Waals surface area contributed by atoms with Gasteiger partial charge in [-0.05, 0) is 83.7 Å². The van der Waals surface area contributed by atoms with E-state index in [4.69, 9.17) is 0 Å². The zero-order valence-corrected chi connectivity index (χ0v) is 20.8. The van der Waals surface area contributed by atoms with Gasteiger partial charge in [0.1, 0.15) is 0 Å². The maximum atomic E-state index is 13.5. The summed E-state index contributed by atoms with van der Waals surface area (Å²) in [6.45, 7) is 13.1. The first kappa shape index (κ1) is 24.6. The first-order valence-electron chi connectivity index (χ1n) is 11.6. The Morgan fingerprint density at radius 2 is 2.12 bits per heavy atom. The Balaban J connectivity index is 1.79. The van der Waals surface area contributed by atoms with Gasteiger partial charge in [-0.3, -0.25) is 9.88 Å². The highest BCUT2D eigenvalue weighted by Gasteiger charge is 2.47. The number of amides is 2. The molecule has 2 aromatic rings. The van der Waals surface area contributed by atoms with E-state index >= 15 is 0 Å². The van der Waals surface area contributed by atoms with Crippen molar-refractivity contribution in [3.05, 3.63) is 51.7 Å². The quantitative estimate of drug-likeness (QED) is 0.537. The summed E-state index contributed by atoms with van der Waals surface area (Å²) >= 11 is 1.22. The number of pyridine rings is 1. The predicted molar refractivity (Wildman–Crippen MR) is 130 cm³/mol. The summed E-state index contributed by atoms with van der Waals surface area (Å²) in [6, 6.07) is 7.54. The minimum atomic E-state index is -0.165. The summed E-state index contributed by atoms with van der Waals surface area (Å²) in [5.41, 5.74) is 1.96. The van der Waals surface area contributed by atoms with Crippen LogP contribution in [0, 0.1) is 17.5 Å². The Hall–Kier alpha value is -1.99. The van der Waals surface area contributed by atoms with Gasteiger partial charge in [0.05, 0.1) is 0 Å². The summed E-state index contributed by atoms with van der Waals surface area (Å²) in [7, 11) is 0. The highest BCUT2D eigenvalue weighted by Crippen LogP contribution is 2.44. The number of carbonyl (C=O) groups is 1. The molecular formula is C25H37FN4OS. The summed E-state index contributed by atoms with van der Waals surface area (Å²) in [6.07, 6.45) is 5.59. The second kappa shape index (κ2) is 10.3. The summed E-state index contributed by atoms with van der Waals surface area (Å²) in [5.74, 6) is 0. The first-order valence-corrected chi connectivity index (χ1v) is 12.4. The van der Waals surface area contributed by atoms with Crippen LogP contribution in [0.15, 0.2) is 30.5 Å². The number of urea groups is 1. The Kier molecular flexibility index (Phi) is 7.93. The zero-order valence-electron chi connectivity index (χ0n) is 20.0. The third-order valence-corrected chi connectivity index (χ3v) is 8.03. The molecule has 1 aliphatic heterocycles. The Labute approximate surface area is 195 Å². The number of hydrogen-bond donors (Lipinski definition) is 2. The van der Waals surface area contributed by atoms with Crippen LogP contribution in [-0.2, 0) is 12.0 Å². The van der Waals surface area contributed by atoms with Crippen LogP contribution in [0.2, 0.25) is 0 Å². The number of rotatable bonds is 9. The highest BCUT2D eigenvalue weighted by atomic mass is 32.1. The number of likely N-dealkylation sites (tertiary alicyclic amines) is 1. The number of halogens is 1. The summed E-state index contributed by atoms with van der Waals surface area (Å²) < 4.78 is 13.5. The highest BCUT2D eigenvalue weighted by molar-refractivity contribution is 7.10. The molecule has 3 rings (SSSR count). The number of thiophene rings is 1. The normalized spacial score (nSPS) is 20.3. The predicted octanol–water partition coefficient (Wildman–Crippen LogP) is 5.25. The van der Waals surface area contributed by atoms with E-state index < -0.39 is 0 Å². The summed E-state index contributed by atoms with van der Waals surface area (Å²) in [5, 5.41) is 5.99. The van der Waals surface area contributed by atoms with Gasteiger partial charge in [0.2, 0.25) is 0 Å². The molecule has 1 saturated heterocycles. The molecule has 32 heavy (non-hydrogen) atoms. The number of nitrogens with zero attached hydrogens (tertiary/aromatic N) is 2. The topological polar surface area (TPSA) is 57.3 Å². The molecule has 2 atom stereocenters. The molecule has 7 heteroatoms. The van der Waals surface area contributed by atoms with Crippen molar-refractivity contribution in [3.63, 3.8) is 0 Å². The minimum absolute atomic E-state index is 0.00103. The van der Waals surface area contributed by atoms with Crippen molar-refractivity contribution in [2.45, 2.75) is 71.9 Å². The van der Waals surface area contributed by atoms with Gasteiger partial charge in [0.25, 0.3) is 0 Å². The standard InChI is InChI=1S/C25H37FN4OS/c1-6-14-27-23(31)29-19(3)25(12-11-21-9-10-22(26)32-21)13-15-30(17-25)24(4,5)20-8-7-18(2)28-16-20/h7-10,16,19H,6,11-15,17H2,1-5H3,(H2,27,29,31)/t19-,25?/m1/s1. The van der Waals surface area contributed by atoms with Gasteiger partial charge in [-0.15, -0.1) is 11.3 Å². The lowest BCUT2D eigenvalue weighted by Gasteiger charge is -2.40. The van der Waals surface area contributed by atoms with Crippen LogP contribution < -0.4 is 10.6 Å². The minimum Gasteiger partial charge on any atom is -0.338 e. The Morgan fingerprint density at radius 1 is 1.34 bits per heavy atom. The lowest BCUT2D eigenvalue weighted by Crippen LogP contribution is -2.52. The van der Waals surface area contributed by atoms with E-state index in [-0.39, 0.29) is 28.2 Å². The molecule has 1 aliphatic rings. The largest absolute Gasteiger partial charge is 0.338 e. The lowest BCUT2D eigenvalue weighted by atomic mass is 9.75. The first-order chi connectivity index (χ1) is 15.2. The Morgan fingerprint density at radius 3 is 2.75 bits per heavy atom. The van der Waals surface area contributed by atoms with Crippen molar-refractivity contribution in [1.82, 2.24) is 20.5 Å². The number of aryl methyl sites for hydroxylation is 2. The number of nitrogens with one attached hydrogen (secondary N) is 2. The van der Waals surface area contributed by atoms with Crippen molar-refractivity contribution in [1.29, 1.82) is 0 Å². The Bertz CT molecular complexity index is 898. The second-order valence-corrected chi connectivity index (χ2v) is 10.7. The van der Waals surface area contributed by atoms with E-state index in [2.05, 4.69) is 53.4 Å². The maximum absolute atomic E-state index is 13.5. The average molecular weight is 461 g/mol. The molecule has 1 fully saturated rings. The van der Waals surface area contributed by atoms with Crippen molar-refractivity contribution in [3.8, 4) is 0 Å². The van der Waals surface area contributed by atoms with Crippen LogP contribution in [0.5, 0.6) is 0 Å². The SMILES string of the molecule is CCCNC(=O)N[C@H](C)C1(CCc2ccc(F)s2)CCN(C(C)(C)c2ccc(C)nc2)C1. The van der Waals surface area contributed by atoms with Crippen LogP contribution in [0.25, 0.3) is 0 Å². The fourth-order valence-corrected chi connectivity index (χ4v) is 5.38. The fourth-order valence-electron chi connectivity index (χ4n) is 4.66. The summed E-state index contributed by atoms with van der Waals surface area (Å²) in [4.78, 5) is 20.5. The van der Waals surface area contributed by atoms with Gasteiger partial charge < -0.3 is 10.6 Å². The fraction of sp³-hybridized carbons (Fsp3) is 0.600. The third kappa shape index (κ3) is 5.67. The molecule has 176 valence electrons. The number of carbonyl (C=O) groups excluding carboxylic acids is 1. The van der Waals surface area contributed by atoms with Gasteiger partial charge in [-0.25, -0.2) is 4.79 Å². The van der Waals surface area contributed by atoms with Crippen LogP contribution in [0.3, 0.4) is 0 Å². The van der Waals surface area contributed by atoms with E-state index in [9.17, 15) is 9.18 Å². The van der Waals surface area contributed by atoms with E-state index in [1.165, 1.54) is 16.9 Å².